The summed E-state index contributed by atoms with van der Waals surface area (Å²) in [5.74, 6) is 1.29. The number of nitrogens with two attached hydrogens (primary N) is 1. The van der Waals surface area contributed by atoms with Crippen molar-refractivity contribution in [2.24, 2.45) is 5.73 Å². The molecule has 0 aromatic heterocycles. The van der Waals surface area contributed by atoms with E-state index in [9.17, 15) is 4.79 Å². The van der Waals surface area contributed by atoms with Gasteiger partial charge in [0, 0.05) is 0 Å². The average Bonchev–Trinajstić information content (AvgIpc) is 2.49. The third-order valence-electron chi connectivity index (χ3n) is 3.36. The lowest BCUT2D eigenvalue weighted by Crippen LogP contribution is -2.41. The molecule has 22 heavy (non-hydrogen) atoms. The number of rotatable bonds is 9. The fourth-order valence-corrected chi connectivity index (χ4v) is 2.18. The molecule has 2 atom stereocenters. The minimum atomic E-state index is -0.457. The number of nitrogens with one attached hydrogen (secondary N) is 1. The van der Waals surface area contributed by atoms with E-state index < -0.39 is 6.04 Å². The molecular weight excluding hydrogens is 280 g/mol. The van der Waals surface area contributed by atoms with Crippen LogP contribution in [0.25, 0.3) is 0 Å². The number of hydrogen-bond donors (Lipinski definition) is 2. The molecule has 3 N–H and O–H groups in total. The zero-order valence-corrected chi connectivity index (χ0v) is 14.0. The van der Waals surface area contributed by atoms with Crippen molar-refractivity contribution in [2.75, 3.05) is 13.2 Å². The lowest BCUT2D eigenvalue weighted by Gasteiger charge is -2.19. The van der Waals surface area contributed by atoms with Crippen molar-refractivity contribution in [3.8, 4) is 11.5 Å². The number of amides is 1. The number of benzene rings is 1. The van der Waals surface area contributed by atoms with Crippen LogP contribution in [-0.4, -0.2) is 25.2 Å². The molecule has 0 saturated carbocycles. The summed E-state index contributed by atoms with van der Waals surface area (Å²) in [4.78, 5) is 12.0. The van der Waals surface area contributed by atoms with Crippen molar-refractivity contribution in [1.82, 2.24) is 5.32 Å². The van der Waals surface area contributed by atoms with Crippen LogP contribution in [0, 0.1) is 0 Å². The Labute approximate surface area is 133 Å². The van der Waals surface area contributed by atoms with Crippen LogP contribution in [0.2, 0.25) is 0 Å². The first-order valence-corrected chi connectivity index (χ1v) is 7.98. The molecule has 5 heteroatoms. The topological polar surface area (TPSA) is 73.6 Å². The lowest BCUT2D eigenvalue weighted by atomic mass is 10.1. The maximum Gasteiger partial charge on any atom is 0.237 e. The Morgan fingerprint density at radius 3 is 2.41 bits per heavy atom. The highest BCUT2D eigenvalue weighted by Crippen LogP contribution is 2.30. The van der Waals surface area contributed by atoms with E-state index in [4.69, 9.17) is 15.2 Å². The van der Waals surface area contributed by atoms with Crippen LogP contribution in [0.4, 0.5) is 0 Å². The van der Waals surface area contributed by atoms with Crippen LogP contribution in [-0.2, 0) is 4.79 Å². The lowest BCUT2D eigenvalue weighted by molar-refractivity contribution is -0.123. The molecule has 0 aliphatic heterocycles. The Balaban J connectivity index is 2.82. The first kappa shape index (κ1) is 18.3. The molecule has 0 aliphatic rings. The minimum Gasteiger partial charge on any atom is -0.490 e. The van der Waals surface area contributed by atoms with Crippen LogP contribution >= 0.6 is 0 Å². The first-order valence-electron chi connectivity index (χ1n) is 7.98. The molecule has 0 saturated heterocycles. The predicted octanol–water partition coefficient (Wildman–Crippen LogP) is 2.79. The van der Waals surface area contributed by atoms with Crippen molar-refractivity contribution in [3.05, 3.63) is 23.8 Å². The molecular formula is C17H28N2O3. The fourth-order valence-electron chi connectivity index (χ4n) is 2.18. The zero-order chi connectivity index (χ0) is 16.5. The van der Waals surface area contributed by atoms with Crippen LogP contribution in [0.15, 0.2) is 18.2 Å². The summed E-state index contributed by atoms with van der Waals surface area (Å²) >= 11 is 0. The van der Waals surface area contributed by atoms with Crippen LogP contribution in [0.1, 0.15) is 52.1 Å². The van der Waals surface area contributed by atoms with Crippen molar-refractivity contribution < 1.29 is 14.3 Å². The maximum absolute atomic E-state index is 12.0. The molecule has 0 bridgehead atoms. The highest BCUT2D eigenvalue weighted by Gasteiger charge is 2.17. The van der Waals surface area contributed by atoms with E-state index in [1.807, 2.05) is 45.9 Å². The van der Waals surface area contributed by atoms with Gasteiger partial charge in [-0.15, -0.1) is 0 Å². The zero-order valence-electron chi connectivity index (χ0n) is 14.0. The summed E-state index contributed by atoms with van der Waals surface area (Å²) in [5, 5.41) is 2.94. The maximum atomic E-state index is 12.0. The molecule has 124 valence electrons. The Morgan fingerprint density at radius 2 is 1.82 bits per heavy atom. The molecule has 0 aliphatic carbocycles. The molecule has 0 radical (unpaired) electrons. The third-order valence-corrected chi connectivity index (χ3v) is 3.36. The van der Waals surface area contributed by atoms with Gasteiger partial charge in [0.05, 0.1) is 25.3 Å². The van der Waals surface area contributed by atoms with Gasteiger partial charge in [-0.2, -0.15) is 0 Å². The highest BCUT2D eigenvalue weighted by molar-refractivity contribution is 5.81. The van der Waals surface area contributed by atoms with E-state index in [1.54, 1.807) is 0 Å². The molecule has 0 heterocycles. The molecule has 5 nitrogen and oxygen atoms in total. The van der Waals surface area contributed by atoms with Gasteiger partial charge < -0.3 is 20.5 Å². The number of carbonyl (C=O) groups is 1. The van der Waals surface area contributed by atoms with Gasteiger partial charge in [0.15, 0.2) is 11.5 Å². The summed E-state index contributed by atoms with van der Waals surface area (Å²) in [5.41, 5.74) is 6.80. The van der Waals surface area contributed by atoms with Crippen molar-refractivity contribution >= 4 is 5.91 Å². The smallest absolute Gasteiger partial charge is 0.237 e. The van der Waals surface area contributed by atoms with Crippen LogP contribution < -0.4 is 20.5 Å². The van der Waals surface area contributed by atoms with Gasteiger partial charge in [-0.1, -0.05) is 19.4 Å². The Kier molecular flexibility index (Phi) is 7.74. The van der Waals surface area contributed by atoms with Gasteiger partial charge in [0.1, 0.15) is 0 Å². The number of hydrogen-bond acceptors (Lipinski definition) is 4. The van der Waals surface area contributed by atoms with Gasteiger partial charge in [-0.3, -0.25) is 4.79 Å². The van der Waals surface area contributed by atoms with Crippen LogP contribution in [0.5, 0.6) is 11.5 Å². The van der Waals surface area contributed by atoms with Gasteiger partial charge >= 0.3 is 0 Å². The van der Waals surface area contributed by atoms with E-state index in [0.29, 0.717) is 31.1 Å². The molecule has 0 spiro atoms. The van der Waals surface area contributed by atoms with E-state index in [0.717, 1.165) is 12.0 Å². The summed E-state index contributed by atoms with van der Waals surface area (Å²) in [7, 11) is 0. The van der Waals surface area contributed by atoms with Gasteiger partial charge in [-0.25, -0.2) is 0 Å². The fraction of sp³-hybridized carbons (Fsp3) is 0.588. The molecule has 1 rings (SSSR count). The SMILES string of the molecule is CCCC(N)C(=O)NC(C)c1ccc(OCC)c(OCC)c1. The largest absolute Gasteiger partial charge is 0.490 e. The van der Waals surface area contributed by atoms with E-state index in [2.05, 4.69) is 5.32 Å². The molecule has 2 unspecified atom stereocenters. The van der Waals surface area contributed by atoms with Crippen molar-refractivity contribution in [3.63, 3.8) is 0 Å². The standard InChI is InChI=1S/C17H28N2O3/c1-5-8-14(18)17(20)19-12(4)13-9-10-15(21-6-2)16(11-13)22-7-3/h9-12,14H,5-8,18H2,1-4H3,(H,19,20). The Bertz CT molecular complexity index is 477. The highest BCUT2D eigenvalue weighted by atomic mass is 16.5. The number of ether oxygens (including phenoxy) is 2. The van der Waals surface area contributed by atoms with Crippen molar-refractivity contribution in [2.45, 2.75) is 52.6 Å². The predicted molar refractivity (Wildman–Crippen MR) is 88.2 cm³/mol. The normalized spacial score (nSPS) is 13.3. The van der Waals surface area contributed by atoms with E-state index >= 15 is 0 Å². The van der Waals surface area contributed by atoms with E-state index in [1.165, 1.54) is 0 Å². The monoisotopic (exact) mass is 308 g/mol. The van der Waals surface area contributed by atoms with Gasteiger partial charge in [0.25, 0.3) is 0 Å². The van der Waals surface area contributed by atoms with E-state index in [-0.39, 0.29) is 11.9 Å². The minimum absolute atomic E-state index is 0.124. The van der Waals surface area contributed by atoms with Gasteiger partial charge in [-0.05, 0) is 44.9 Å². The quantitative estimate of drug-likeness (QED) is 0.735. The number of carbonyl (C=O) groups excluding carboxylic acids is 1. The molecule has 1 amide bonds. The second-order valence-corrected chi connectivity index (χ2v) is 5.20. The Hall–Kier alpha value is -1.75. The summed E-state index contributed by atoms with van der Waals surface area (Å²) in [6.45, 7) is 8.95. The van der Waals surface area contributed by atoms with Crippen molar-refractivity contribution in [1.29, 1.82) is 0 Å². The average molecular weight is 308 g/mol. The summed E-state index contributed by atoms with van der Waals surface area (Å²) < 4.78 is 11.2. The van der Waals surface area contributed by atoms with Gasteiger partial charge in [0.2, 0.25) is 5.91 Å². The second-order valence-electron chi connectivity index (χ2n) is 5.20. The van der Waals surface area contributed by atoms with Crippen LogP contribution in [0.3, 0.4) is 0 Å². The molecule has 1 aromatic carbocycles. The molecule has 1 aromatic rings. The molecule has 0 fully saturated rings. The summed E-state index contributed by atoms with van der Waals surface area (Å²) in [6.07, 6.45) is 1.58. The second kappa shape index (κ2) is 9.30. The third kappa shape index (κ3) is 5.22. The Morgan fingerprint density at radius 1 is 1.18 bits per heavy atom. The summed E-state index contributed by atoms with van der Waals surface area (Å²) in [6, 6.07) is 5.12. The first-order chi connectivity index (χ1) is 10.5.